The lowest BCUT2D eigenvalue weighted by Crippen LogP contribution is -2.31. The van der Waals surface area contributed by atoms with E-state index in [-0.39, 0.29) is 47.5 Å². The van der Waals surface area contributed by atoms with Crippen LogP contribution in [0.2, 0.25) is 5.02 Å². The van der Waals surface area contributed by atoms with Crippen molar-refractivity contribution in [3.05, 3.63) is 40.1 Å². The van der Waals surface area contributed by atoms with E-state index < -0.39 is 11.9 Å². The maximum atomic E-state index is 12.5. The molecule has 0 spiro atoms. The summed E-state index contributed by atoms with van der Waals surface area (Å²) >= 11 is 6.08. The first kappa shape index (κ1) is 19.7. The fourth-order valence-electron chi connectivity index (χ4n) is 2.50. The number of carbonyl (C=O) groups is 3. The van der Waals surface area contributed by atoms with Gasteiger partial charge in [-0.25, -0.2) is 4.79 Å². The van der Waals surface area contributed by atoms with Gasteiger partial charge in [0, 0.05) is 26.3 Å². The molecule has 1 heterocycles. The van der Waals surface area contributed by atoms with E-state index in [1.165, 1.54) is 29.0 Å². The summed E-state index contributed by atoms with van der Waals surface area (Å²) in [6.45, 7) is -0.100. The molecular formula is C17H20ClN3O5. The van der Waals surface area contributed by atoms with Gasteiger partial charge < -0.3 is 25.0 Å². The first-order valence-electron chi connectivity index (χ1n) is 7.80. The molecule has 2 rings (SSSR count). The normalized spacial score (nSPS) is 13.9. The van der Waals surface area contributed by atoms with Crippen LogP contribution in [-0.4, -0.2) is 73.6 Å². The van der Waals surface area contributed by atoms with Crippen LogP contribution in [0.15, 0.2) is 29.5 Å². The van der Waals surface area contributed by atoms with Gasteiger partial charge in [0.15, 0.2) is 0 Å². The van der Waals surface area contributed by atoms with Crippen molar-refractivity contribution in [1.82, 2.24) is 9.80 Å². The number of benzene rings is 1. The van der Waals surface area contributed by atoms with Crippen LogP contribution in [0.3, 0.4) is 0 Å². The van der Waals surface area contributed by atoms with Crippen molar-refractivity contribution < 1.29 is 24.2 Å². The summed E-state index contributed by atoms with van der Waals surface area (Å²) in [6, 6.07) is 4.64. The standard InChI is InChI=1S/C17H20ClN3O5/c1-20(2)15(23)11-8-10(4-5-13(11)18)19-14-12(17(25)26-3)9-21(6-7-22)16(14)24/h4-5,8,19,22H,6-7,9H2,1-3H3. The van der Waals surface area contributed by atoms with Gasteiger partial charge in [-0.05, 0) is 18.2 Å². The van der Waals surface area contributed by atoms with Crippen LogP contribution in [0.5, 0.6) is 0 Å². The number of nitrogens with zero attached hydrogens (tertiary/aromatic N) is 2. The SMILES string of the molecule is COC(=O)C1=C(Nc2ccc(Cl)c(C(=O)N(C)C)c2)C(=O)N(CCO)C1. The second-order valence-corrected chi connectivity index (χ2v) is 6.22. The van der Waals surface area contributed by atoms with Gasteiger partial charge >= 0.3 is 5.97 Å². The second-order valence-electron chi connectivity index (χ2n) is 5.81. The van der Waals surface area contributed by atoms with Gasteiger partial charge in [0.05, 0.1) is 36.4 Å². The highest BCUT2D eigenvalue weighted by Gasteiger charge is 2.34. The monoisotopic (exact) mass is 381 g/mol. The Balaban J connectivity index is 2.38. The molecule has 0 radical (unpaired) electrons. The third-order valence-corrected chi connectivity index (χ3v) is 4.16. The molecule has 1 aliphatic heterocycles. The molecule has 140 valence electrons. The summed E-state index contributed by atoms with van der Waals surface area (Å²) < 4.78 is 4.73. The number of β-amino-alcohol motifs (C(OH)–C–C–N with tert-alkyl or cyclic N) is 1. The minimum atomic E-state index is -0.639. The quantitative estimate of drug-likeness (QED) is 0.704. The Hall–Kier alpha value is -2.58. The van der Waals surface area contributed by atoms with Crippen molar-refractivity contribution in [3.8, 4) is 0 Å². The third-order valence-electron chi connectivity index (χ3n) is 3.83. The third kappa shape index (κ3) is 3.97. The van der Waals surface area contributed by atoms with E-state index >= 15 is 0 Å². The summed E-state index contributed by atoms with van der Waals surface area (Å²) in [5.74, 6) is -1.37. The Bertz CT molecular complexity index is 776. The minimum Gasteiger partial charge on any atom is -0.466 e. The van der Waals surface area contributed by atoms with E-state index in [1.807, 2.05) is 0 Å². The van der Waals surface area contributed by atoms with Crippen LogP contribution >= 0.6 is 11.6 Å². The number of nitrogens with one attached hydrogen (secondary N) is 1. The highest BCUT2D eigenvalue weighted by atomic mass is 35.5. The number of aliphatic hydroxyl groups is 1. The zero-order valence-electron chi connectivity index (χ0n) is 14.7. The summed E-state index contributed by atoms with van der Waals surface area (Å²) in [7, 11) is 4.43. The van der Waals surface area contributed by atoms with E-state index in [2.05, 4.69) is 5.32 Å². The number of aliphatic hydroxyl groups excluding tert-OH is 1. The highest BCUT2D eigenvalue weighted by Crippen LogP contribution is 2.26. The molecule has 8 nitrogen and oxygen atoms in total. The molecule has 0 atom stereocenters. The Morgan fingerprint density at radius 1 is 1.38 bits per heavy atom. The lowest BCUT2D eigenvalue weighted by Gasteiger charge is -2.16. The van der Waals surface area contributed by atoms with E-state index in [0.29, 0.717) is 5.69 Å². The lowest BCUT2D eigenvalue weighted by molar-refractivity contribution is -0.136. The summed E-state index contributed by atoms with van der Waals surface area (Å²) in [5.41, 5.74) is 0.895. The van der Waals surface area contributed by atoms with E-state index in [1.54, 1.807) is 20.2 Å². The largest absolute Gasteiger partial charge is 0.466 e. The predicted molar refractivity (Wildman–Crippen MR) is 95.8 cm³/mol. The number of rotatable bonds is 6. The molecule has 0 saturated carbocycles. The average molecular weight is 382 g/mol. The van der Waals surface area contributed by atoms with Crippen LogP contribution in [0.1, 0.15) is 10.4 Å². The lowest BCUT2D eigenvalue weighted by atomic mass is 10.1. The Morgan fingerprint density at radius 3 is 2.65 bits per heavy atom. The van der Waals surface area contributed by atoms with Gasteiger partial charge in [-0.1, -0.05) is 11.6 Å². The number of anilines is 1. The van der Waals surface area contributed by atoms with Gasteiger partial charge in [0.2, 0.25) is 0 Å². The fraction of sp³-hybridized carbons (Fsp3) is 0.353. The molecule has 0 saturated heterocycles. The zero-order chi connectivity index (χ0) is 19.4. The molecule has 0 aliphatic carbocycles. The molecule has 0 bridgehead atoms. The fourth-order valence-corrected chi connectivity index (χ4v) is 2.70. The van der Waals surface area contributed by atoms with Crippen LogP contribution < -0.4 is 5.32 Å². The Kier molecular flexibility index (Phi) is 6.23. The molecule has 1 aliphatic rings. The first-order valence-corrected chi connectivity index (χ1v) is 8.17. The topological polar surface area (TPSA) is 99.2 Å². The molecule has 2 amide bonds. The summed E-state index contributed by atoms with van der Waals surface area (Å²) in [5, 5.41) is 12.2. The van der Waals surface area contributed by atoms with E-state index in [0.717, 1.165) is 0 Å². The molecular weight excluding hydrogens is 362 g/mol. The van der Waals surface area contributed by atoms with E-state index in [9.17, 15) is 14.4 Å². The zero-order valence-corrected chi connectivity index (χ0v) is 15.5. The number of methoxy groups -OCH3 is 1. The maximum absolute atomic E-state index is 12.5. The van der Waals surface area contributed by atoms with Crippen molar-refractivity contribution in [2.24, 2.45) is 0 Å². The molecule has 2 N–H and O–H groups in total. The van der Waals surface area contributed by atoms with Crippen LogP contribution in [0, 0.1) is 0 Å². The Labute approximate surface area is 156 Å². The number of ether oxygens (including phenoxy) is 1. The van der Waals surface area contributed by atoms with E-state index in [4.69, 9.17) is 21.4 Å². The van der Waals surface area contributed by atoms with Crippen molar-refractivity contribution in [2.45, 2.75) is 0 Å². The summed E-state index contributed by atoms with van der Waals surface area (Å²) in [4.78, 5) is 39.4. The molecule has 0 fully saturated rings. The number of esters is 1. The van der Waals surface area contributed by atoms with Crippen molar-refractivity contribution in [1.29, 1.82) is 0 Å². The molecule has 1 aromatic carbocycles. The maximum Gasteiger partial charge on any atom is 0.337 e. The van der Waals surface area contributed by atoms with Crippen molar-refractivity contribution in [2.75, 3.05) is 46.2 Å². The number of amides is 2. The van der Waals surface area contributed by atoms with Gasteiger partial charge in [0.25, 0.3) is 11.8 Å². The minimum absolute atomic E-state index is 0.0332. The second kappa shape index (κ2) is 8.20. The number of hydrogen-bond acceptors (Lipinski definition) is 6. The predicted octanol–water partition coefficient (Wildman–Crippen LogP) is 0.715. The van der Waals surface area contributed by atoms with Crippen molar-refractivity contribution in [3.63, 3.8) is 0 Å². The average Bonchev–Trinajstić information content (AvgIpc) is 2.92. The van der Waals surface area contributed by atoms with Crippen LogP contribution in [-0.2, 0) is 14.3 Å². The molecule has 9 heteroatoms. The van der Waals surface area contributed by atoms with Gasteiger partial charge in [0.1, 0.15) is 5.70 Å². The number of hydrogen-bond donors (Lipinski definition) is 2. The van der Waals surface area contributed by atoms with Gasteiger partial charge in [-0.3, -0.25) is 9.59 Å². The number of halogens is 1. The Morgan fingerprint density at radius 2 is 2.08 bits per heavy atom. The highest BCUT2D eigenvalue weighted by molar-refractivity contribution is 6.34. The molecule has 0 aromatic heterocycles. The van der Waals surface area contributed by atoms with Crippen LogP contribution in [0.25, 0.3) is 0 Å². The smallest absolute Gasteiger partial charge is 0.337 e. The molecule has 1 aromatic rings. The molecule has 0 unspecified atom stereocenters. The van der Waals surface area contributed by atoms with Gasteiger partial charge in [-0.2, -0.15) is 0 Å². The van der Waals surface area contributed by atoms with Crippen LogP contribution in [0.4, 0.5) is 5.69 Å². The molecule has 26 heavy (non-hydrogen) atoms. The number of carbonyl (C=O) groups excluding carboxylic acids is 3. The van der Waals surface area contributed by atoms with Gasteiger partial charge in [-0.15, -0.1) is 0 Å². The summed E-state index contributed by atoms with van der Waals surface area (Å²) in [6.07, 6.45) is 0. The van der Waals surface area contributed by atoms with Crippen molar-refractivity contribution >= 4 is 35.1 Å². The first-order chi connectivity index (χ1) is 12.3.